The second-order valence-electron chi connectivity index (χ2n) is 5.73. The standard InChI is InChI=1S/C18H21ClN2O4S/c1-4-25-16-9-8-14(19)11-17(16)26(23,24)21-13(3)18(22)20-15-7-5-6-12(2)10-15/h5-11,13,21H,4H2,1-3H3,(H,20,22). The predicted octanol–water partition coefficient (Wildman–Crippen LogP) is 3.35. The molecule has 2 aromatic rings. The van der Waals surface area contributed by atoms with Gasteiger partial charge in [0.1, 0.15) is 10.6 Å². The largest absolute Gasteiger partial charge is 0.492 e. The molecule has 0 radical (unpaired) electrons. The Morgan fingerprint density at radius 1 is 1.23 bits per heavy atom. The Morgan fingerprint density at radius 3 is 2.62 bits per heavy atom. The van der Waals surface area contributed by atoms with Crippen LogP contribution < -0.4 is 14.8 Å². The van der Waals surface area contributed by atoms with E-state index in [1.54, 1.807) is 31.2 Å². The summed E-state index contributed by atoms with van der Waals surface area (Å²) in [5.74, 6) is -0.296. The van der Waals surface area contributed by atoms with Crippen molar-refractivity contribution in [3.63, 3.8) is 0 Å². The Morgan fingerprint density at radius 2 is 1.96 bits per heavy atom. The molecule has 8 heteroatoms. The van der Waals surface area contributed by atoms with Gasteiger partial charge < -0.3 is 10.1 Å². The zero-order valence-electron chi connectivity index (χ0n) is 14.7. The van der Waals surface area contributed by atoms with Crippen molar-refractivity contribution in [2.24, 2.45) is 0 Å². The molecule has 0 spiro atoms. The Bertz CT molecular complexity index is 900. The summed E-state index contributed by atoms with van der Waals surface area (Å²) < 4.78 is 33.0. The fraction of sp³-hybridized carbons (Fsp3) is 0.278. The van der Waals surface area contributed by atoms with Crippen LogP contribution in [0.4, 0.5) is 5.69 Å². The summed E-state index contributed by atoms with van der Waals surface area (Å²) in [6.07, 6.45) is 0. The molecular weight excluding hydrogens is 376 g/mol. The summed E-state index contributed by atoms with van der Waals surface area (Å²) in [5.41, 5.74) is 1.58. The quantitative estimate of drug-likeness (QED) is 0.751. The normalized spacial score (nSPS) is 12.5. The first-order valence-electron chi connectivity index (χ1n) is 8.05. The maximum absolute atomic E-state index is 12.7. The fourth-order valence-corrected chi connectivity index (χ4v) is 3.90. The van der Waals surface area contributed by atoms with Gasteiger partial charge in [0.15, 0.2) is 0 Å². The third-order valence-corrected chi connectivity index (χ3v) is 5.30. The average Bonchev–Trinajstić information content (AvgIpc) is 2.56. The summed E-state index contributed by atoms with van der Waals surface area (Å²) in [4.78, 5) is 12.2. The minimum atomic E-state index is -4.00. The maximum Gasteiger partial charge on any atom is 0.245 e. The lowest BCUT2D eigenvalue weighted by atomic mass is 10.2. The van der Waals surface area contributed by atoms with Gasteiger partial charge in [-0.3, -0.25) is 4.79 Å². The van der Waals surface area contributed by atoms with E-state index in [9.17, 15) is 13.2 Å². The average molecular weight is 397 g/mol. The Labute approximate surface area is 158 Å². The second kappa shape index (κ2) is 8.53. The van der Waals surface area contributed by atoms with Crippen LogP contribution in [0.3, 0.4) is 0 Å². The van der Waals surface area contributed by atoms with Crippen LogP contribution in [0.5, 0.6) is 5.75 Å². The number of carbonyl (C=O) groups excluding carboxylic acids is 1. The van der Waals surface area contributed by atoms with E-state index in [0.29, 0.717) is 12.3 Å². The van der Waals surface area contributed by atoms with E-state index in [0.717, 1.165) is 5.56 Å². The molecular formula is C18H21ClN2O4S. The zero-order valence-corrected chi connectivity index (χ0v) is 16.3. The highest BCUT2D eigenvalue weighted by molar-refractivity contribution is 7.89. The molecule has 1 unspecified atom stereocenters. The van der Waals surface area contributed by atoms with Gasteiger partial charge in [0.25, 0.3) is 0 Å². The molecule has 2 rings (SSSR count). The number of rotatable bonds is 7. The molecule has 26 heavy (non-hydrogen) atoms. The van der Waals surface area contributed by atoms with E-state index in [-0.39, 0.29) is 15.7 Å². The van der Waals surface area contributed by atoms with E-state index in [4.69, 9.17) is 16.3 Å². The van der Waals surface area contributed by atoms with Crippen molar-refractivity contribution in [3.05, 3.63) is 53.1 Å². The predicted molar refractivity (Wildman–Crippen MR) is 102 cm³/mol. The van der Waals surface area contributed by atoms with E-state index < -0.39 is 22.0 Å². The van der Waals surface area contributed by atoms with Crippen molar-refractivity contribution >= 4 is 33.2 Å². The lowest BCUT2D eigenvalue weighted by molar-refractivity contribution is -0.117. The molecule has 0 aromatic heterocycles. The van der Waals surface area contributed by atoms with Crippen molar-refractivity contribution in [1.82, 2.24) is 4.72 Å². The number of amides is 1. The first-order chi connectivity index (χ1) is 12.2. The van der Waals surface area contributed by atoms with Crippen molar-refractivity contribution in [2.45, 2.75) is 31.7 Å². The lowest BCUT2D eigenvalue weighted by Crippen LogP contribution is -2.41. The summed E-state index contributed by atoms with van der Waals surface area (Å²) >= 11 is 5.92. The number of halogens is 1. The van der Waals surface area contributed by atoms with Gasteiger partial charge in [0, 0.05) is 10.7 Å². The van der Waals surface area contributed by atoms with Gasteiger partial charge in [-0.15, -0.1) is 0 Å². The van der Waals surface area contributed by atoms with E-state index in [1.807, 2.05) is 13.0 Å². The molecule has 0 aliphatic heterocycles. The van der Waals surface area contributed by atoms with Gasteiger partial charge in [-0.2, -0.15) is 4.72 Å². The van der Waals surface area contributed by atoms with Crippen molar-refractivity contribution in [3.8, 4) is 5.75 Å². The monoisotopic (exact) mass is 396 g/mol. The molecule has 1 amide bonds. The summed E-state index contributed by atoms with van der Waals surface area (Å²) in [5, 5.41) is 2.94. The molecule has 140 valence electrons. The van der Waals surface area contributed by atoms with Gasteiger partial charge >= 0.3 is 0 Å². The molecule has 2 N–H and O–H groups in total. The summed E-state index contributed by atoms with van der Waals surface area (Å²) in [6, 6.07) is 10.6. The van der Waals surface area contributed by atoms with Crippen LogP contribution in [0.1, 0.15) is 19.4 Å². The number of carbonyl (C=O) groups is 1. The van der Waals surface area contributed by atoms with Crippen molar-refractivity contribution < 1.29 is 17.9 Å². The summed E-state index contributed by atoms with van der Waals surface area (Å²) in [7, 11) is -4.00. The van der Waals surface area contributed by atoms with E-state index >= 15 is 0 Å². The van der Waals surface area contributed by atoms with E-state index in [1.165, 1.54) is 19.1 Å². The summed E-state index contributed by atoms with van der Waals surface area (Å²) in [6.45, 7) is 5.41. The number of hydrogen-bond donors (Lipinski definition) is 2. The number of aryl methyl sites for hydroxylation is 1. The number of hydrogen-bond acceptors (Lipinski definition) is 4. The third kappa shape index (κ3) is 5.20. The smallest absolute Gasteiger partial charge is 0.245 e. The lowest BCUT2D eigenvalue weighted by Gasteiger charge is -2.16. The topological polar surface area (TPSA) is 84.5 Å². The Hall–Kier alpha value is -2.09. The second-order valence-corrected chi connectivity index (χ2v) is 7.84. The number of ether oxygens (including phenoxy) is 1. The molecule has 0 aliphatic rings. The van der Waals surface area contributed by atoms with Gasteiger partial charge in [0.05, 0.1) is 12.6 Å². The van der Waals surface area contributed by atoms with Crippen LogP contribution in [0, 0.1) is 6.92 Å². The number of sulfonamides is 1. The zero-order chi connectivity index (χ0) is 19.3. The number of benzene rings is 2. The molecule has 0 heterocycles. The first-order valence-corrected chi connectivity index (χ1v) is 9.91. The minimum absolute atomic E-state index is 0.109. The molecule has 0 aliphatic carbocycles. The maximum atomic E-state index is 12.7. The minimum Gasteiger partial charge on any atom is -0.492 e. The fourth-order valence-electron chi connectivity index (χ4n) is 2.29. The Kier molecular flexibility index (Phi) is 6.63. The highest BCUT2D eigenvalue weighted by atomic mass is 35.5. The highest BCUT2D eigenvalue weighted by Crippen LogP contribution is 2.27. The highest BCUT2D eigenvalue weighted by Gasteiger charge is 2.25. The molecule has 6 nitrogen and oxygen atoms in total. The van der Waals surface area contributed by atoms with Crippen LogP contribution in [-0.2, 0) is 14.8 Å². The van der Waals surface area contributed by atoms with Crippen LogP contribution in [0.25, 0.3) is 0 Å². The van der Waals surface area contributed by atoms with Crippen LogP contribution in [0.15, 0.2) is 47.4 Å². The number of anilines is 1. The van der Waals surface area contributed by atoms with E-state index in [2.05, 4.69) is 10.0 Å². The van der Waals surface area contributed by atoms with Gasteiger partial charge in [-0.1, -0.05) is 23.7 Å². The molecule has 2 aromatic carbocycles. The molecule has 0 bridgehead atoms. The molecule has 0 fully saturated rings. The van der Waals surface area contributed by atoms with Gasteiger partial charge in [-0.25, -0.2) is 8.42 Å². The molecule has 0 saturated heterocycles. The van der Waals surface area contributed by atoms with Crippen LogP contribution in [-0.4, -0.2) is 27.0 Å². The van der Waals surface area contributed by atoms with Gasteiger partial charge in [0.2, 0.25) is 15.9 Å². The molecule has 0 saturated carbocycles. The number of nitrogens with one attached hydrogen (secondary N) is 2. The SMILES string of the molecule is CCOc1ccc(Cl)cc1S(=O)(=O)NC(C)C(=O)Nc1cccc(C)c1. The Balaban J connectivity index is 2.18. The van der Waals surface area contributed by atoms with Gasteiger partial charge in [-0.05, 0) is 56.7 Å². The molecule has 1 atom stereocenters. The van der Waals surface area contributed by atoms with Crippen LogP contribution in [0.2, 0.25) is 5.02 Å². The first kappa shape index (κ1) is 20.2. The van der Waals surface area contributed by atoms with Crippen LogP contribution >= 0.6 is 11.6 Å². The third-order valence-electron chi connectivity index (χ3n) is 3.51. The van der Waals surface area contributed by atoms with Crippen molar-refractivity contribution in [1.29, 1.82) is 0 Å². The van der Waals surface area contributed by atoms with Crippen molar-refractivity contribution in [2.75, 3.05) is 11.9 Å².